The Morgan fingerprint density at radius 2 is 1.91 bits per heavy atom. The summed E-state index contributed by atoms with van der Waals surface area (Å²) in [7, 11) is 1.88. The van der Waals surface area contributed by atoms with Crippen LogP contribution in [0.15, 0.2) is 67.1 Å². The largest absolute Gasteiger partial charge is 0.344 e. The second-order valence-corrected chi connectivity index (χ2v) is 9.25. The van der Waals surface area contributed by atoms with Gasteiger partial charge in [0.15, 0.2) is 5.82 Å². The van der Waals surface area contributed by atoms with E-state index in [1.807, 2.05) is 25.2 Å². The Bertz CT molecular complexity index is 1500. The van der Waals surface area contributed by atoms with Gasteiger partial charge in [0.05, 0.1) is 16.9 Å². The standard InChI is InChI=1S/C26H25ClN8/c1-17(18-7-4-3-5-8-18)25-31-32-26-22-13-19(16-34(22)11-6-12-35(25)26)20-14-23(28-15-21(20)27)30-24-9-10-29-33(24)2/h3-5,7-10,13-17H,6,11-12H2,1-2H3,(H,28,30)/t17-/m0/s1. The third-order valence-electron chi connectivity index (χ3n) is 6.62. The highest BCUT2D eigenvalue weighted by atomic mass is 35.5. The minimum absolute atomic E-state index is 0.161. The molecule has 1 aromatic carbocycles. The van der Waals surface area contributed by atoms with Crippen molar-refractivity contribution < 1.29 is 0 Å². The molecule has 1 aliphatic heterocycles. The number of pyridine rings is 1. The van der Waals surface area contributed by atoms with Crippen molar-refractivity contribution in [3.63, 3.8) is 0 Å². The van der Waals surface area contributed by atoms with Crippen LogP contribution in [0.25, 0.3) is 22.6 Å². The molecule has 6 rings (SSSR count). The van der Waals surface area contributed by atoms with Gasteiger partial charge in [-0.3, -0.25) is 4.68 Å². The van der Waals surface area contributed by atoms with Gasteiger partial charge in [-0.2, -0.15) is 5.10 Å². The fourth-order valence-electron chi connectivity index (χ4n) is 4.72. The average molecular weight is 485 g/mol. The molecule has 0 radical (unpaired) electrons. The van der Waals surface area contributed by atoms with E-state index in [0.717, 1.165) is 53.8 Å². The van der Waals surface area contributed by atoms with Gasteiger partial charge in [-0.05, 0) is 24.1 Å². The second kappa shape index (κ2) is 8.70. The summed E-state index contributed by atoms with van der Waals surface area (Å²) in [6, 6.07) is 16.5. The lowest BCUT2D eigenvalue weighted by molar-refractivity contribution is 0.569. The molecular weight excluding hydrogens is 460 g/mol. The van der Waals surface area contributed by atoms with Crippen LogP contribution in [0, 0.1) is 0 Å². The summed E-state index contributed by atoms with van der Waals surface area (Å²) >= 11 is 6.60. The molecule has 0 saturated carbocycles. The molecule has 1 atom stereocenters. The van der Waals surface area contributed by atoms with E-state index in [4.69, 9.17) is 11.6 Å². The lowest BCUT2D eigenvalue weighted by Gasteiger charge is -2.13. The van der Waals surface area contributed by atoms with Crippen molar-refractivity contribution in [2.45, 2.75) is 32.4 Å². The highest BCUT2D eigenvalue weighted by molar-refractivity contribution is 6.33. The Labute approximate surface area is 208 Å². The van der Waals surface area contributed by atoms with Gasteiger partial charge < -0.3 is 14.5 Å². The molecule has 0 amide bonds. The Balaban J connectivity index is 1.37. The first kappa shape index (κ1) is 21.6. The molecule has 176 valence electrons. The van der Waals surface area contributed by atoms with E-state index in [1.54, 1.807) is 17.1 Å². The molecular formula is C26H25ClN8. The number of rotatable bonds is 5. The van der Waals surface area contributed by atoms with Crippen molar-refractivity contribution in [3.8, 4) is 22.6 Å². The zero-order valence-electron chi connectivity index (χ0n) is 19.6. The number of hydrogen-bond acceptors (Lipinski definition) is 5. The first-order chi connectivity index (χ1) is 17.1. The van der Waals surface area contributed by atoms with E-state index in [1.165, 1.54) is 5.56 Å². The third kappa shape index (κ3) is 3.89. The van der Waals surface area contributed by atoms with Crippen LogP contribution < -0.4 is 5.32 Å². The number of aromatic nitrogens is 7. The van der Waals surface area contributed by atoms with Gasteiger partial charge in [-0.25, -0.2) is 4.98 Å². The molecule has 4 aromatic heterocycles. The molecule has 5 heterocycles. The number of nitrogens with one attached hydrogen (secondary N) is 1. The fraction of sp³-hybridized carbons (Fsp3) is 0.231. The zero-order valence-corrected chi connectivity index (χ0v) is 20.3. The maximum Gasteiger partial charge on any atom is 0.180 e. The molecule has 1 aliphatic rings. The van der Waals surface area contributed by atoms with Crippen molar-refractivity contribution in [1.29, 1.82) is 0 Å². The highest BCUT2D eigenvalue weighted by Gasteiger charge is 2.25. The van der Waals surface area contributed by atoms with E-state index in [2.05, 4.69) is 78.2 Å². The molecule has 1 N–H and O–H groups in total. The second-order valence-electron chi connectivity index (χ2n) is 8.84. The molecule has 8 nitrogen and oxygen atoms in total. The van der Waals surface area contributed by atoms with E-state index in [-0.39, 0.29) is 5.92 Å². The van der Waals surface area contributed by atoms with E-state index >= 15 is 0 Å². The van der Waals surface area contributed by atoms with Crippen molar-refractivity contribution >= 4 is 23.2 Å². The van der Waals surface area contributed by atoms with Crippen LogP contribution in [-0.4, -0.2) is 34.1 Å². The van der Waals surface area contributed by atoms with Crippen LogP contribution in [0.4, 0.5) is 11.6 Å². The van der Waals surface area contributed by atoms with Crippen molar-refractivity contribution in [3.05, 3.63) is 83.5 Å². The number of hydrogen-bond donors (Lipinski definition) is 1. The number of aryl methyl sites for hydroxylation is 2. The Hall–Kier alpha value is -3.91. The molecule has 0 unspecified atom stereocenters. The summed E-state index contributed by atoms with van der Waals surface area (Å²) in [4.78, 5) is 4.45. The molecule has 0 aliphatic carbocycles. The maximum atomic E-state index is 6.60. The van der Waals surface area contributed by atoms with Gasteiger partial charge in [0.25, 0.3) is 0 Å². The lowest BCUT2D eigenvalue weighted by Crippen LogP contribution is -2.09. The van der Waals surface area contributed by atoms with E-state index in [0.29, 0.717) is 10.8 Å². The van der Waals surface area contributed by atoms with Gasteiger partial charge >= 0.3 is 0 Å². The van der Waals surface area contributed by atoms with Crippen LogP contribution in [0.1, 0.15) is 30.7 Å². The Kier molecular flexibility index (Phi) is 5.37. The number of benzene rings is 1. The van der Waals surface area contributed by atoms with Gasteiger partial charge in [0.1, 0.15) is 17.5 Å². The average Bonchev–Trinajstić information content (AvgIpc) is 3.57. The summed E-state index contributed by atoms with van der Waals surface area (Å²) < 4.78 is 6.28. The highest BCUT2D eigenvalue weighted by Crippen LogP contribution is 2.36. The summed E-state index contributed by atoms with van der Waals surface area (Å²) in [6.07, 6.45) is 6.57. The first-order valence-electron chi connectivity index (χ1n) is 11.7. The van der Waals surface area contributed by atoms with Gasteiger partial charge in [-0.1, -0.05) is 48.9 Å². The summed E-state index contributed by atoms with van der Waals surface area (Å²) in [5, 5.41) is 17.4. The maximum absolute atomic E-state index is 6.60. The molecule has 0 fully saturated rings. The smallest absolute Gasteiger partial charge is 0.180 e. The topological polar surface area (TPSA) is 78.4 Å². The third-order valence-corrected chi connectivity index (χ3v) is 6.92. The number of anilines is 2. The minimum atomic E-state index is 0.161. The van der Waals surface area contributed by atoms with Crippen LogP contribution in [-0.2, 0) is 20.1 Å². The zero-order chi connectivity index (χ0) is 23.9. The van der Waals surface area contributed by atoms with E-state index < -0.39 is 0 Å². The van der Waals surface area contributed by atoms with Crippen LogP contribution >= 0.6 is 11.6 Å². The van der Waals surface area contributed by atoms with E-state index in [9.17, 15) is 0 Å². The monoisotopic (exact) mass is 484 g/mol. The van der Waals surface area contributed by atoms with Crippen molar-refractivity contribution in [1.82, 2.24) is 34.1 Å². The Morgan fingerprint density at radius 3 is 2.71 bits per heavy atom. The molecule has 0 saturated heterocycles. The normalized spacial score (nSPS) is 13.7. The molecule has 0 bridgehead atoms. The number of halogens is 1. The summed E-state index contributed by atoms with van der Waals surface area (Å²) in [6.45, 7) is 3.98. The van der Waals surface area contributed by atoms with Gasteiger partial charge in [0, 0.05) is 55.6 Å². The molecule has 0 spiro atoms. The quantitative estimate of drug-likeness (QED) is 0.356. The van der Waals surface area contributed by atoms with Crippen molar-refractivity contribution in [2.75, 3.05) is 5.32 Å². The number of fused-ring (bicyclic) bond motifs is 3. The van der Waals surface area contributed by atoms with Crippen LogP contribution in [0.5, 0.6) is 0 Å². The van der Waals surface area contributed by atoms with Gasteiger partial charge in [0.2, 0.25) is 0 Å². The van der Waals surface area contributed by atoms with Gasteiger partial charge in [-0.15, -0.1) is 10.2 Å². The summed E-state index contributed by atoms with van der Waals surface area (Å²) in [5.41, 5.74) is 4.22. The predicted molar refractivity (Wildman–Crippen MR) is 137 cm³/mol. The molecule has 5 aromatic rings. The predicted octanol–water partition coefficient (Wildman–Crippen LogP) is 5.49. The molecule has 35 heavy (non-hydrogen) atoms. The minimum Gasteiger partial charge on any atom is -0.344 e. The Morgan fingerprint density at radius 1 is 1.06 bits per heavy atom. The first-order valence-corrected chi connectivity index (χ1v) is 12.1. The number of nitrogens with zero attached hydrogens (tertiary/aromatic N) is 7. The SMILES string of the molecule is C[C@@H](c1ccccc1)c1nnc2n1CCCn1cc(-c3cc(Nc4ccnn4C)ncc3Cl)cc1-2. The summed E-state index contributed by atoms with van der Waals surface area (Å²) in [5.74, 6) is 3.61. The van der Waals surface area contributed by atoms with Crippen LogP contribution in [0.3, 0.4) is 0 Å². The van der Waals surface area contributed by atoms with Crippen molar-refractivity contribution in [2.24, 2.45) is 7.05 Å². The molecule has 9 heteroatoms. The lowest BCUT2D eigenvalue weighted by atomic mass is 10.0. The fourth-order valence-corrected chi connectivity index (χ4v) is 4.93. The van der Waals surface area contributed by atoms with Crippen LogP contribution in [0.2, 0.25) is 5.02 Å².